The van der Waals surface area contributed by atoms with Gasteiger partial charge in [-0.2, -0.15) is 0 Å². The first-order valence-corrected chi connectivity index (χ1v) is 5.07. The Kier molecular flexibility index (Phi) is 3.74. The molecule has 3 N–H and O–H groups in total. The van der Waals surface area contributed by atoms with Gasteiger partial charge in [0.15, 0.2) is 0 Å². The van der Waals surface area contributed by atoms with Crippen LogP contribution in [0.1, 0.15) is 27.2 Å². The molecular weight excluding hydrogens is 174 g/mol. The summed E-state index contributed by atoms with van der Waals surface area (Å²) in [6.45, 7) is 6.58. The van der Waals surface area contributed by atoms with Crippen LogP contribution in [0.25, 0.3) is 0 Å². The second kappa shape index (κ2) is 4.84. The van der Waals surface area contributed by atoms with E-state index >= 15 is 0 Å². The van der Waals surface area contributed by atoms with Crippen molar-refractivity contribution in [2.45, 2.75) is 33.2 Å². The van der Waals surface area contributed by atoms with Crippen molar-refractivity contribution in [3.8, 4) is 0 Å². The maximum absolute atomic E-state index is 5.58. The topological polar surface area (TPSA) is 50.9 Å². The number of hydrogen-bond acceptors (Lipinski definition) is 3. The highest BCUT2D eigenvalue weighted by atomic mass is 15.0. The monoisotopic (exact) mass is 193 g/mol. The number of rotatable bonds is 4. The molecule has 0 bridgehead atoms. The Labute approximate surface area is 85.7 Å². The number of anilines is 2. The summed E-state index contributed by atoms with van der Waals surface area (Å²) >= 11 is 0. The van der Waals surface area contributed by atoms with Crippen LogP contribution in [-0.2, 0) is 0 Å². The standard InChI is InChI=1S/C11H19N3/c1-8(2)7-9(3)13-11-6-4-5-10(12)14-11/h4-6,8-9H,7H2,1-3H3,(H3,12,13,14). The van der Waals surface area contributed by atoms with Gasteiger partial charge in [-0.15, -0.1) is 0 Å². The van der Waals surface area contributed by atoms with Gasteiger partial charge in [-0.1, -0.05) is 19.9 Å². The van der Waals surface area contributed by atoms with Gasteiger partial charge in [0.1, 0.15) is 11.6 Å². The summed E-state index contributed by atoms with van der Waals surface area (Å²) in [5, 5.41) is 3.32. The number of nitrogens with zero attached hydrogens (tertiary/aromatic N) is 1. The Morgan fingerprint density at radius 1 is 1.36 bits per heavy atom. The van der Waals surface area contributed by atoms with Crippen molar-refractivity contribution in [3.63, 3.8) is 0 Å². The van der Waals surface area contributed by atoms with Gasteiger partial charge in [-0.05, 0) is 31.4 Å². The van der Waals surface area contributed by atoms with E-state index in [0.717, 1.165) is 12.2 Å². The third kappa shape index (κ3) is 3.64. The predicted molar refractivity (Wildman–Crippen MR) is 61.2 cm³/mol. The maximum atomic E-state index is 5.58. The van der Waals surface area contributed by atoms with Gasteiger partial charge in [-0.25, -0.2) is 4.98 Å². The van der Waals surface area contributed by atoms with Crippen molar-refractivity contribution in [3.05, 3.63) is 18.2 Å². The molecule has 1 aromatic heterocycles. The van der Waals surface area contributed by atoms with Crippen molar-refractivity contribution in [1.29, 1.82) is 0 Å². The minimum absolute atomic E-state index is 0.435. The molecule has 0 fully saturated rings. The molecule has 3 heteroatoms. The first-order valence-electron chi connectivity index (χ1n) is 5.07. The molecule has 1 atom stereocenters. The number of nitrogens with one attached hydrogen (secondary N) is 1. The predicted octanol–water partition coefficient (Wildman–Crippen LogP) is 2.51. The average Bonchev–Trinajstić information content (AvgIpc) is 2.01. The lowest BCUT2D eigenvalue weighted by atomic mass is 10.1. The molecule has 14 heavy (non-hydrogen) atoms. The van der Waals surface area contributed by atoms with Crippen LogP contribution >= 0.6 is 0 Å². The molecule has 0 radical (unpaired) electrons. The molecule has 0 saturated carbocycles. The van der Waals surface area contributed by atoms with E-state index < -0.39 is 0 Å². The van der Waals surface area contributed by atoms with Gasteiger partial charge in [0.25, 0.3) is 0 Å². The minimum Gasteiger partial charge on any atom is -0.384 e. The molecule has 1 aromatic rings. The van der Waals surface area contributed by atoms with E-state index in [1.807, 2.05) is 12.1 Å². The fourth-order valence-electron chi connectivity index (χ4n) is 1.55. The lowest BCUT2D eigenvalue weighted by molar-refractivity contribution is 0.539. The molecule has 0 spiro atoms. The van der Waals surface area contributed by atoms with Crippen molar-refractivity contribution in [2.24, 2.45) is 5.92 Å². The lowest BCUT2D eigenvalue weighted by Crippen LogP contribution is -2.18. The van der Waals surface area contributed by atoms with Gasteiger partial charge in [0.2, 0.25) is 0 Å². The Morgan fingerprint density at radius 2 is 2.07 bits per heavy atom. The molecule has 0 aliphatic heterocycles. The molecule has 0 aromatic carbocycles. The van der Waals surface area contributed by atoms with E-state index in [2.05, 4.69) is 31.1 Å². The maximum Gasteiger partial charge on any atom is 0.128 e. The highest BCUT2D eigenvalue weighted by molar-refractivity contribution is 5.42. The molecule has 0 amide bonds. The summed E-state index contributed by atoms with van der Waals surface area (Å²) in [6, 6.07) is 6.07. The van der Waals surface area contributed by atoms with Crippen molar-refractivity contribution in [2.75, 3.05) is 11.1 Å². The van der Waals surface area contributed by atoms with Crippen LogP contribution in [0, 0.1) is 5.92 Å². The van der Waals surface area contributed by atoms with Gasteiger partial charge >= 0.3 is 0 Å². The van der Waals surface area contributed by atoms with Gasteiger partial charge in [0.05, 0.1) is 0 Å². The quantitative estimate of drug-likeness (QED) is 0.772. The molecule has 1 heterocycles. The third-order valence-corrected chi connectivity index (χ3v) is 1.99. The average molecular weight is 193 g/mol. The number of hydrogen-bond donors (Lipinski definition) is 2. The highest BCUT2D eigenvalue weighted by Crippen LogP contribution is 2.11. The van der Waals surface area contributed by atoms with Crippen LogP contribution in [0.2, 0.25) is 0 Å². The summed E-state index contributed by atoms with van der Waals surface area (Å²) in [7, 11) is 0. The van der Waals surface area contributed by atoms with Crippen LogP contribution in [0.5, 0.6) is 0 Å². The second-order valence-corrected chi connectivity index (χ2v) is 4.12. The third-order valence-electron chi connectivity index (χ3n) is 1.99. The summed E-state index contributed by atoms with van der Waals surface area (Å²) in [5.41, 5.74) is 5.58. The number of nitrogens with two attached hydrogens (primary N) is 1. The number of nitrogen functional groups attached to an aromatic ring is 1. The zero-order chi connectivity index (χ0) is 10.6. The highest BCUT2D eigenvalue weighted by Gasteiger charge is 2.05. The summed E-state index contributed by atoms with van der Waals surface area (Å²) in [5.74, 6) is 2.11. The minimum atomic E-state index is 0.435. The first kappa shape index (κ1) is 10.8. The second-order valence-electron chi connectivity index (χ2n) is 4.12. The Hall–Kier alpha value is -1.25. The van der Waals surface area contributed by atoms with E-state index in [1.165, 1.54) is 0 Å². The summed E-state index contributed by atoms with van der Waals surface area (Å²) in [4.78, 5) is 4.19. The van der Waals surface area contributed by atoms with Crippen molar-refractivity contribution < 1.29 is 0 Å². The molecular formula is C11H19N3. The van der Waals surface area contributed by atoms with Gasteiger partial charge in [-0.3, -0.25) is 0 Å². The van der Waals surface area contributed by atoms with Crippen LogP contribution in [0.4, 0.5) is 11.6 Å². The Bertz CT molecular complexity index is 284. The molecule has 1 unspecified atom stereocenters. The number of pyridine rings is 1. The fraction of sp³-hybridized carbons (Fsp3) is 0.545. The molecule has 78 valence electrons. The van der Waals surface area contributed by atoms with Gasteiger partial charge in [0, 0.05) is 6.04 Å². The largest absolute Gasteiger partial charge is 0.384 e. The van der Waals surface area contributed by atoms with Crippen LogP contribution in [-0.4, -0.2) is 11.0 Å². The van der Waals surface area contributed by atoms with E-state index in [1.54, 1.807) is 6.07 Å². The SMILES string of the molecule is CC(C)CC(C)Nc1cccc(N)n1. The van der Waals surface area contributed by atoms with Crippen molar-refractivity contribution >= 4 is 11.6 Å². The van der Waals surface area contributed by atoms with Crippen LogP contribution in [0.3, 0.4) is 0 Å². The lowest BCUT2D eigenvalue weighted by Gasteiger charge is -2.16. The van der Waals surface area contributed by atoms with Crippen LogP contribution < -0.4 is 11.1 Å². The molecule has 1 rings (SSSR count). The normalized spacial score (nSPS) is 12.9. The van der Waals surface area contributed by atoms with Crippen molar-refractivity contribution in [1.82, 2.24) is 4.98 Å². The Balaban J connectivity index is 2.51. The fourth-order valence-corrected chi connectivity index (χ4v) is 1.55. The van der Waals surface area contributed by atoms with Crippen LogP contribution in [0.15, 0.2) is 18.2 Å². The number of aromatic nitrogens is 1. The zero-order valence-electron chi connectivity index (χ0n) is 9.12. The first-order chi connectivity index (χ1) is 6.58. The molecule has 3 nitrogen and oxygen atoms in total. The molecule has 0 aliphatic rings. The summed E-state index contributed by atoms with van der Waals surface area (Å²) in [6.07, 6.45) is 1.14. The smallest absolute Gasteiger partial charge is 0.128 e. The van der Waals surface area contributed by atoms with Gasteiger partial charge < -0.3 is 11.1 Å². The van der Waals surface area contributed by atoms with E-state index in [9.17, 15) is 0 Å². The van der Waals surface area contributed by atoms with E-state index in [0.29, 0.717) is 17.8 Å². The van der Waals surface area contributed by atoms with E-state index in [-0.39, 0.29) is 0 Å². The Morgan fingerprint density at radius 3 is 2.64 bits per heavy atom. The molecule has 0 saturated heterocycles. The summed E-state index contributed by atoms with van der Waals surface area (Å²) < 4.78 is 0. The molecule has 0 aliphatic carbocycles. The zero-order valence-corrected chi connectivity index (χ0v) is 9.12. The van der Waals surface area contributed by atoms with E-state index in [4.69, 9.17) is 5.73 Å².